The van der Waals surface area contributed by atoms with E-state index in [1.807, 2.05) is 11.8 Å². The van der Waals surface area contributed by atoms with Crippen molar-refractivity contribution in [2.45, 2.75) is 43.5 Å². The predicted octanol–water partition coefficient (Wildman–Crippen LogP) is 1.44. The largest absolute Gasteiger partial charge is 0.352 e. The van der Waals surface area contributed by atoms with Crippen LogP contribution in [0.1, 0.15) is 26.2 Å². The van der Waals surface area contributed by atoms with Crippen LogP contribution in [-0.4, -0.2) is 40.6 Å². The molecule has 3 unspecified atom stereocenters. The van der Waals surface area contributed by atoms with Crippen molar-refractivity contribution in [3.63, 3.8) is 0 Å². The summed E-state index contributed by atoms with van der Waals surface area (Å²) in [6.07, 6.45) is 3.57. The Morgan fingerprint density at radius 3 is 3.12 bits per heavy atom. The highest BCUT2D eigenvalue weighted by molar-refractivity contribution is 8.00. The second kappa shape index (κ2) is 6.17. The minimum Gasteiger partial charge on any atom is -0.352 e. The monoisotopic (exact) mass is 260 g/mol. The molecule has 1 heterocycles. The van der Waals surface area contributed by atoms with E-state index in [0.29, 0.717) is 6.04 Å². The van der Waals surface area contributed by atoms with Crippen LogP contribution in [0.4, 0.5) is 0 Å². The Bertz CT molecular complexity index is 244. The van der Waals surface area contributed by atoms with E-state index >= 15 is 0 Å². The Morgan fingerprint density at radius 2 is 2.44 bits per heavy atom. The molecule has 2 N–H and O–H groups in total. The molecular formula is C11H20N2OS2. The summed E-state index contributed by atoms with van der Waals surface area (Å²) in [5.74, 6) is 3.23. The zero-order chi connectivity index (χ0) is 11.4. The van der Waals surface area contributed by atoms with E-state index in [0.717, 1.165) is 29.7 Å². The first-order valence-corrected chi connectivity index (χ1v) is 8.23. The van der Waals surface area contributed by atoms with Crippen molar-refractivity contribution in [1.29, 1.82) is 0 Å². The minimum absolute atomic E-state index is 0.0443. The van der Waals surface area contributed by atoms with E-state index in [1.165, 1.54) is 12.2 Å². The van der Waals surface area contributed by atoms with E-state index in [9.17, 15) is 4.79 Å². The summed E-state index contributed by atoms with van der Waals surface area (Å²) in [5, 5.41) is 7.16. The Balaban J connectivity index is 1.71. The smallest absolute Gasteiger partial charge is 0.238 e. The minimum atomic E-state index is 0.0443. The number of thioether (sulfide) groups is 2. The molecule has 0 spiro atoms. The molecule has 0 bridgehead atoms. The van der Waals surface area contributed by atoms with Gasteiger partial charge in [-0.1, -0.05) is 6.92 Å². The Labute approximate surface area is 106 Å². The van der Waals surface area contributed by atoms with Gasteiger partial charge in [0.25, 0.3) is 0 Å². The summed E-state index contributed by atoms with van der Waals surface area (Å²) in [6.45, 7) is 2.20. The lowest BCUT2D eigenvalue weighted by Crippen LogP contribution is -2.45. The fourth-order valence-electron chi connectivity index (χ4n) is 2.32. The lowest BCUT2D eigenvalue weighted by molar-refractivity contribution is -0.123. The van der Waals surface area contributed by atoms with Crippen LogP contribution in [0.2, 0.25) is 0 Å². The van der Waals surface area contributed by atoms with Gasteiger partial charge in [0.1, 0.15) is 0 Å². The maximum absolute atomic E-state index is 11.9. The lowest BCUT2D eigenvalue weighted by Gasteiger charge is -2.16. The van der Waals surface area contributed by atoms with Crippen LogP contribution in [0.5, 0.6) is 0 Å². The fraction of sp³-hybridized carbons (Fsp3) is 0.909. The third kappa shape index (κ3) is 3.31. The maximum atomic E-state index is 11.9. The number of nitrogens with one attached hydrogen (secondary N) is 2. The average molecular weight is 260 g/mol. The third-order valence-electron chi connectivity index (χ3n) is 3.17. The molecule has 0 aromatic carbocycles. The standard InChI is InChI=1S/C11H20N2OS2/c1-2-16-9-4-3-8(5-9)13-11(14)10-6-15-7-12-10/h8-10,12H,2-7H2,1H3,(H,13,14). The number of carbonyl (C=O) groups excluding carboxylic acids is 1. The quantitative estimate of drug-likeness (QED) is 0.802. The third-order valence-corrected chi connectivity index (χ3v) is 5.34. The van der Waals surface area contributed by atoms with Crippen LogP contribution in [0, 0.1) is 0 Å². The van der Waals surface area contributed by atoms with Gasteiger partial charge in [-0.15, -0.1) is 11.8 Å². The zero-order valence-corrected chi connectivity index (χ0v) is 11.3. The summed E-state index contributed by atoms with van der Waals surface area (Å²) in [5.41, 5.74) is 0. The summed E-state index contributed by atoms with van der Waals surface area (Å²) in [4.78, 5) is 11.9. The molecule has 92 valence electrons. The summed E-state index contributed by atoms with van der Waals surface area (Å²) in [6, 6.07) is 0.465. The van der Waals surface area contributed by atoms with Crippen LogP contribution in [0.15, 0.2) is 0 Å². The highest BCUT2D eigenvalue weighted by Gasteiger charge is 2.29. The molecule has 1 saturated heterocycles. The molecule has 2 rings (SSSR count). The van der Waals surface area contributed by atoms with Crippen molar-refractivity contribution in [3.8, 4) is 0 Å². The molecule has 5 heteroatoms. The van der Waals surface area contributed by atoms with Gasteiger partial charge >= 0.3 is 0 Å². The fourth-order valence-corrected chi connectivity index (χ4v) is 4.41. The van der Waals surface area contributed by atoms with E-state index in [1.54, 1.807) is 11.8 Å². The van der Waals surface area contributed by atoms with E-state index < -0.39 is 0 Å². The maximum Gasteiger partial charge on any atom is 0.238 e. The molecule has 1 saturated carbocycles. The second-order valence-electron chi connectivity index (χ2n) is 4.37. The molecule has 3 atom stereocenters. The molecule has 1 amide bonds. The van der Waals surface area contributed by atoms with Crippen molar-refractivity contribution >= 4 is 29.4 Å². The summed E-state index contributed by atoms with van der Waals surface area (Å²) >= 11 is 3.83. The normalized spacial score (nSPS) is 34.2. The molecule has 2 aliphatic rings. The number of rotatable bonds is 4. The average Bonchev–Trinajstić information content (AvgIpc) is 2.89. The Hall–Kier alpha value is 0.130. The zero-order valence-electron chi connectivity index (χ0n) is 9.70. The van der Waals surface area contributed by atoms with Crippen LogP contribution in [-0.2, 0) is 4.79 Å². The summed E-state index contributed by atoms with van der Waals surface area (Å²) < 4.78 is 0. The van der Waals surface area contributed by atoms with E-state index in [-0.39, 0.29) is 11.9 Å². The van der Waals surface area contributed by atoms with Gasteiger partial charge in [0.15, 0.2) is 0 Å². The van der Waals surface area contributed by atoms with Gasteiger partial charge in [-0.05, 0) is 25.0 Å². The van der Waals surface area contributed by atoms with Crippen molar-refractivity contribution in [3.05, 3.63) is 0 Å². The van der Waals surface area contributed by atoms with Crippen molar-refractivity contribution in [2.75, 3.05) is 17.4 Å². The number of hydrogen-bond donors (Lipinski definition) is 2. The molecule has 0 radical (unpaired) electrons. The predicted molar refractivity (Wildman–Crippen MR) is 72.0 cm³/mol. The topological polar surface area (TPSA) is 41.1 Å². The van der Waals surface area contributed by atoms with Crippen LogP contribution in [0.25, 0.3) is 0 Å². The molecule has 1 aliphatic heterocycles. The van der Waals surface area contributed by atoms with Crippen molar-refractivity contribution in [1.82, 2.24) is 10.6 Å². The Kier molecular flexibility index (Phi) is 4.85. The van der Waals surface area contributed by atoms with Gasteiger partial charge in [-0.25, -0.2) is 0 Å². The molecule has 16 heavy (non-hydrogen) atoms. The molecular weight excluding hydrogens is 240 g/mol. The molecule has 0 aromatic heterocycles. The first-order chi connectivity index (χ1) is 7.79. The van der Waals surface area contributed by atoms with Crippen molar-refractivity contribution < 1.29 is 4.79 Å². The number of carbonyl (C=O) groups is 1. The first kappa shape index (κ1) is 12.6. The van der Waals surface area contributed by atoms with Crippen LogP contribution >= 0.6 is 23.5 Å². The van der Waals surface area contributed by atoms with Crippen LogP contribution < -0.4 is 10.6 Å². The molecule has 0 aromatic rings. The summed E-state index contributed by atoms with van der Waals surface area (Å²) in [7, 11) is 0. The second-order valence-corrected chi connectivity index (χ2v) is 6.98. The number of amides is 1. The Morgan fingerprint density at radius 1 is 1.56 bits per heavy atom. The molecule has 2 fully saturated rings. The van der Waals surface area contributed by atoms with Gasteiger partial charge in [-0.2, -0.15) is 11.8 Å². The first-order valence-electron chi connectivity index (χ1n) is 6.02. The van der Waals surface area contributed by atoms with Gasteiger partial charge in [0.2, 0.25) is 5.91 Å². The van der Waals surface area contributed by atoms with Crippen molar-refractivity contribution in [2.24, 2.45) is 0 Å². The highest BCUT2D eigenvalue weighted by Crippen LogP contribution is 2.29. The lowest BCUT2D eigenvalue weighted by atomic mass is 10.2. The molecule has 1 aliphatic carbocycles. The molecule has 3 nitrogen and oxygen atoms in total. The van der Waals surface area contributed by atoms with Gasteiger partial charge in [0, 0.05) is 22.9 Å². The van der Waals surface area contributed by atoms with Crippen LogP contribution in [0.3, 0.4) is 0 Å². The SMILES string of the molecule is CCSC1CCC(NC(=O)C2CSCN2)C1. The van der Waals surface area contributed by atoms with Gasteiger partial charge in [0.05, 0.1) is 6.04 Å². The highest BCUT2D eigenvalue weighted by atomic mass is 32.2. The van der Waals surface area contributed by atoms with E-state index in [2.05, 4.69) is 17.6 Å². The van der Waals surface area contributed by atoms with Gasteiger partial charge in [-0.3, -0.25) is 10.1 Å². The number of hydrogen-bond acceptors (Lipinski definition) is 4. The van der Waals surface area contributed by atoms with Gasteiger partial charge < -0.3 is 5.32 Å². The van der Waals surface area contributed by atoms with E-state index in [4.69, 9.17) is 0 Å².